The molecule has 0 aromatic heterocycles. The van der Waals surface area contributed by atoms with Crippen LogP contribution >= 0.6 is 0 Å². The molecule has 0 fully saturated rings. The number of hydrogen-bond donors (Lipinski definition) is 3. The van der Waals surface area contributed by atoms with Gasteiger partial charge in [-0.1, -0.05) is 36.4 Å². The van der Waals surface area contributed by atoms with Crippen molar-refractivity contribution in [3.8, 4) is 17.2 Å². The Labute approximate surface area is 191 Å². The van der Waals surface area contributed by atoms with Crippen LogP contribution in [0.2, 0.25) is 0 Å². The second kappa shape index (κ2) is 10.1. The SMILES string of the molecule is COc1ccc(C)cc1NC(=O)[C@@H](NNC(=O)c1ccc2c(c1)OCCO2)c1ccccc1. The summed E-state index contributed by atoms with van der Waals surface area (Å²) in [6.45, 7) is 2.82. The van der Waals surface area contributed by atoms with Crippen molar-refractivity contribution in [2.75, 3.05) is 25.6 Å². The fourth-order valence-corrected chi connectivity index (χ4v) is 3.46. The van der Waals surface area contributed by atoms with E-state index in [9.17, 15) is 9.59 Å². The molecule has 0 aliphatic carbocycles. The van der Waals surface area contributed by atoms with E-state index >= 15 is 0 Å². The first-order chi connectivity index (χ1) is 16.0. The maximum absolute atomic E-state index is 13.2. The number of amides is 2. The largest absolute Gasteiger partial charge is 0.495 e. The molecule has 1 heterocycles. The van der Waals surface area contributed by atoms with Gasteiger partial charge in [-0.15, -0.1) is 0 Å². The number of aryl methyl sites for hydroxylation is 1. The van der Waals surface area contributed by atoms with E-state index in [4.69, 9.17) is 14.2 Å². The summed E-state index contributed by atoms with van der Waals surface area (Å²) in [4.78, 5) is 26.0. The van der Waals surface area contributed by atoms with Crippen molar-refractivity contribution >= 4 is 17.5 Å². The van der Waals surface area contributed by atoms with Gasteiger partial charge in [0.1, 0.15) is 25.0 Å². The number of nitrogens with one attached hydrogen (secondary N) is 3. The van der Waals surface area contributed by atoms with Crippen LogP contribution in [-0.4, -0.2) is 32.1 Å². The maximum Gasteiger partial charge on any atom is 0.265 e. The third kappa shape index (κ3) is 5.24. The Morgan fingerprint density at radius 3 is 2.45 bits per heavy atom. The molecule has 0 spiro atoms. The Balaban J connectivity index is 1.51. The van der Waals surface area contributed by atoms with Gasteiger partial charge in [0.25, 0.3) is 5.91 Å². The van der Waals surface area contributed by atoms with Crippen LogP contribution in [0.5, 0.6) is 17.2 Å². The third-order valence-corrected chi connectivity index (χ3v) is 5.14. The number of hydrogen-bond acceptors (Lipinski definition) is 6. The molecule has 0 unspecified atom stereocenters. The van der Waals surface area contributed by atoms with Crippen LogP contribution in [0.15, 0.2) is 66.7 Å². The summed E-state index contributed by atoms with van der Waals surface area (Å²) in [7, 11) is 1.54. The van der Waals surface area contributed by atoms with E-state index in [1.54, 1.807) is 43.5 Å². The van der Waals surface area contributed by atoms with E-state index in [1.807, 2.05) is 37.3 Å². The molecule has 0 saturated carbocycles. The van der Waals surface area contributed by atoms with E-state index in [1.165, 1.54) is 0 Å². The molecule has 3 N–H and O–H groups in total. The van der Waals surface area contributed by atoms with Gasteiger partial charge < -0.3 is 19.5 Å². The minimum Gasteiger partial charge on any atom is -0.495 e. The number of methoxy groups -OCH3 is 1. The highest BCUT2D eigenvalue weighted by molar-refractivity contribution is 5.98. The molecule has 3 aromatic carbocycles. The Bertz CT molecular complexity index is 1150. The number of fused-ring (bicyclic) bond motifs is 1. The van der Waals surface area contributed by atoms with Crippen molar-refractivity contribution in [3.63, 3.8) is 0 Å². The maximum atomic E-state index is 13.2. The standard InChI is InChI=1S/C25H25N3O5/c1-16-8-10-20(31-2)19(14-16)26-25(30)23(17-6-4-3-5-7-17)27-28-24(29)18-9-11-21-22(15-18)33-13-12-32-21/h3-11,14-15,23,27H,12-13H2,1-2H3,(H,26,30)(H,28,29)/t23-/m0/s1. The fourth-order valence-electron chi connectivity index (χ4n) is 3.46. The summed E-state index contributed by atoms with van der Waals surface area (Å²) in [5.74, 6) is 0.889. The van der Waals surface area contributed by atoms with Crippen LogP contribution in [0.3, 0.4) is 0 Å². The summed E-state index contributed by atoms with van der Waals surface area (Å²) < 4.78 is 16.4. The van der Waals surface area contributed by atoms with Gasteiger partial charge in [0, 0.05) is 5.56 Å². The molecule has 0 saturated heterocycles. The van der Waals surface area contributed by atoms with Gasteiger partial charge in [-0.25, -0.2) is 5.43 Å². The fraction of sp³-hybridized carbons (Fsp3) is 0.200. The van der Waals surface area contributed by atoms with Crippen LogP contribution in [0.4, 0.5) is 5.69 Å². The molecular weight excluding hydrogens is 422 g/mol. The smallest absolute Gasteiger partial charge is 0.265 e. The van der Waals surface area contributed by atoms with Crippen molar-refractivity contribution in [3.05, 3.63) is 83.4 Å². The molecule has 4 rings (SSSR count). The van der Waals surface area contributed by atoms with Crippen LogP contribution in [0, 0.1) is 6.92 Å². The summed E-state index contributed by atoms with van der Waals surface area (Å²) >= 11 is 0. The van der Waals surface area contributed by atoms with E-state index in [2.05, 4.69) is 16.2 Å². The third-order valence-electron chi connectivity index (χ3n) is 5.14. The number of benzene rings is 3. The lowest BCUT2D eigenvalue weighted by Gasteiger charge is -2.21. The number of carbonyl (C=O) groups excluding carboxylic acids is 2. The number of hydrazine groups is 1. The first kappa shape index (κ1) is 22.2. The highest BCUT2D eigenvalue weighted by Gasteiger charge is 2.23. The van der Waals surface area contributed by atoms with Gasteiger partial charge in [-0.05, 0) is 48.4 Å². The predicted octanol–water partition coefficient (Wildman–Crippen LogP) is 3.39. The molecule has 2 amide bonds. The van der Waals surface area contributed by atoms with E-state index in [0.717, 1.165) is 5.56 Å². The van der Waals surface area contributed by atoms with Gasteiger partial charge in [-0.2, -0.15) is 0 Å². The normalized spacial score (nSPS) is 13.0. The molecular formula is C25H25N3O5. The van der Waals surface area contributed by atoms with Crippen molar-refractivity contribution < 1.29 is 23.8 Å². The van der Waals surface area contributed by atoms with E-state index in [0.29, 0.717) is 47.3 Å². The first-order valence-electron chi connectivity index (χ1n) is 10.5. The number of carbonyl (C=O) groups is 2. The highest BCUT2D eigenvalue weighted by Crippen LogP contribution is 2.31. The van der Waals surface area contributed by atoms with Crippen LogP contribution in [0.25, 0.3) is 0 Å². The first-order valence-corrected chi connectivity index (χ1v) is 10.5. The average Bonchev–Trinajstić information content (AvgIpc) is 2.84. The zero-order valence-corrected chi connectivity index (χ0v) is 18.4. The molecule has 1 atom stereocenters. The quantitative estimate of drug-likeness (QED) is 0.481. The predicted molar refractivity (Wildman–Crippen MR) is 124 cm³/mol. The molecule has 0 bridgehead atoms. The van der Waals surface area contributed by atoms with Gasteiger partial charge >= 0.3 is 0 Å². The van der Waals surface area contributed by atoms with Gasteiger partial charge in [-0.3, -0.25) is 15.0 Å². The zero-order chi connectivity index (χ0) is 23.2. The summed E-state index contributed by atoms with van der Waals surface area (Å²) in [5, 5.41) is 2.89. The molecule has 8 nitrogen and oxygen atoms in total. The summed E-state index contributed by atoms with van der Waals surface area (Å²) in [6.07, 6.45) is 0. The van der Waals surface area contributed by atoms with Gasteiger partial charge in [0.15, 0.2) is 11.5 Å². The van der Waals surface area contributed by atoms with Crippen molar-refractivity contribution in [1.29, 1.82) is 0 Å². The van der Waals surface area contributed by atoms with Gasteiger partial charge in [0.05, 0.1) is 12.8 Å². The summed E-state index contributed by atoms with van der Waals surface area (Å²) in [5.41, 5.74) is 8.07. The lowest BCUT2D eigenvalue weighted by atomic mass is 10.1. The Kier molecular flexibility index (Phi) is 6.75. The molecule has 3 aromatic rings. The molecule has 33 heavy (non-hydrogen) atoms. The number of anilines is 1. The van der Waals surface area contributed by atoms with Crippen LogP contribution in [0.1, 0.15) is 27.5 Å². The molecule has 1 aliphatic rings. The number of rotatable bonds is 7. The zero-order valence-electron chi connectivity index (χ0n) is 18.4. The highest BCUT2D eigenvalue weighted by atomic mass is 16.6. The van der Waals surface area contributed by atoms with Gasteiger partial charge in [0.2, 0.25) is 5.91 Å². The lowest BCUT2D eigenvalue weighted by Crippen LogP contribution is -2.44. The molecule has 0 radical (unpaired) electrons. The monoisotopic (exact) mass is 447 g/mol. The van der Waals surface area contributed by atoms with Crippen molar-refractivity contribution in [2.45, 2.75) is 13.0 Å². The molecule has 170 valence electrons. The lowest BCUT2D eigenvalue weighted by molar-refractivity contribution is -0.118. The minimum absolute atomic E-state index is 0.354. The van der Waals surface area contributed by atoms with Crippen LogP contribution < -0.4 is 30.4 Å². The molecule has 1 aliphatic heterocycles. The number of ether oxygens (including phenoxy) is 3. The van der Waals surface area contributed by atoms with Crippen molar-refractivity contribution in [2.24, 2.45) is 0 Å². The van der Waals surface area contributed by atoms with Crippen molar-refractivity contribution in [1.82, 2.24) is 10.9 Å². The second-order valence-electron chi connectivity index (χ2n) is 7.49. The van der Waals surface area contributed by atoms with E-state index in [-0.39, 0.29) is 5.91 Å². The summed E-state index contributed by atoms with van der Waals surface area (Å²) in [6, 6.07) is 18.7. The van der Waals surface area contributed by atoms with E-state index < -0.39 is 11.9 Å². The minimum atomic E-state index is -0.849. The Morgan fingerprint density at radius 2 is 1.70 bits per heavy atom. The second-order valence-corrected chi connectivity index (χ2v) is 7.49. The Morgan fingerprint density at radius 1 is 0.939 bits per heavy atom. The Hall–Kier alpha value is -4.04. The topological polar surface area (TPSA) is 97.9 Å². The average molecular weight is 447 g/mol. The van der Waals surface area contributed by atoms with Crippen LogP contribution in [-0.2, 0) is 4.79 Å². The molecule has 8 heteroatoms.